The summed E-state index contributed by atoms with van der Waals surface area (Å²) in [6.07, 6.45) is 0. The van der Waals surface area contributed by atoms with Crippen LogP contribution in [0.15, 0.2) is 29.1 Å². The minimum atomic E-state index is -1.51. The molecule has 0 atom stereocenters. The molecule has 20 heavy (non-hydrogen) atoms. The molecular weight excluding hydrogens is 266 g/mol. The molecular formula is C14H14F2N2O2. The van der Waals surface area contributed by atoms with Gasteiger partial charge < -0.3 is 5.11 Å². The van der Waals surface area contributed by atoms with Gasteiger partial charge in [0, 0.05) is 11.8 Å². The molecule has 0 aliphatic carbocycles. The number of halogens is 2. The van der Waals surface area contributed by atoms with Gasteiger partial charge in [-0.25, -0.2) is 13.5 Å². The van der Waals surface area contributed by atoms with Gasteiger partial charge in [0.25, 0.3) is 0 Å². The minimum absolute atomic E-state index is 0.175. The van der Waals surface area contributed by atoms with Crippen LogP contribution in [0.3, 0.4) is 0 Å². The Hall–Kier alpha value is -2.08. The molecule has 2 aromatic rings. The molecule has 2 rings (SSSR count). The summed E-state index contributed by atoms with van der Waals surface area (Å²) in [5.41, 5.74) is -2.27. The number of rotatable bonds is 2. The summed E-state index contributed by atoms with van der Waals surface area (Å²) < 4.78 is 28.6. The molecule has 0 aliphatic rings. The predicted molar refractivity (Wildman–Crippen MR) is 69.7 cm³/mol. The summed E-state index contributed by atoms with van der Waals surface area (Å²) in [6, 6.07) is 4.62. The second-order valence-corrected chi connectivity index (χ2v) is 5.04. The molecule has 0 unspecified atom stereocenters. The average molecular weight is 280 g/mol. The molecule has 6 heteroatoms. The van der Waals surface area contributed by atoms with Crippen molar-refractivity contribution in [3.8, 4) is 5.69 Å². The standard InChI is InChI=1S/C14H14F2N2O2/c1-8-7-11(19)13(14(2,3)20)17-18(8)12-9(15)5-4-6-10(12)16/h4-7,20H,1-3H3. The van der Waals surface area contributed by atoms with E-state index in [1.807, 2.05) is 0 Å². The van der Waals surface area contributed by atoms with Crippen LogP contribution < -0.4 is 5.43 Å². The van der Waals surface area contributed by atoms with E-state index >= 15 is 0 Å². The number of aliphatic hydroxyl groups is 1. The van der Waals surface area contributed by atoms with E-state index in [-0.39, 0.29) is 17.1 Å². The molecule has 0 aliphatic heterocycles. The molecule has 1 N–H and O–H groups in total. The van der Waals surface area contributed by atoms with Crippen molar-refractivity contribution in [2.45, 2.75) is 26.4 Å². The fourth-order valence-electron chi connectivity index (χ4n) is 1.89. The van der Waals surface area contributed by atoms with Crippen LogP contribution in [-0.2, 0) is 5.60 Å². The lowest BCUT2D eigenvalue weighted by Crippen LogP contribution is -2.30. The van der Waals surface area contributed by atoms with Gasteiger partial charge in [-0.1, -0.05) is 6.07 Å². The Labute approximate surface area is 114 Å². The van der Waals surface area contributed by atoms with E-state index < -0.39 is 22.7 Å². The van der Waals surface area contributed by atoms with E-state index in [1.54, 1.807) is 0 Å². The van der Waals surface area contributed by atoms with Crippen LogP contribution in [-0.4, -0.2) is 14.9 Å². The molecule has 1 heterocycles. The van der Waals surface area contributed by atoms with Gasteiger partial charge in [0.15, 0.2) is 11.6 Å². The summed E-state index contributed by atoms with van der Waals surface area (Å²) >= 11 is 0. The maximum absolute atomic E-state index is 13.8. The third-order valence-corrected chi connectivity index (χ3v) is 2.84. The van der Waals surface area contributed by atoms with E-state index in [1.165, 1.54) is 32.9 Å². The van der Waals surface area contributed by atoms with Crippen molar-refractivity contribution in [3.63, 3.8) is 0 Å². The van der Waals surface area contributed by atoms with Crippen LogP contribution in [0.1, 0.15) is 25.2 Å². The highest BCUT2D eigenvalue weighted by Crippen LogP contribution is 2.20. The van der Waals surface area contributed by atoms with E-state index in [2.05, 4.69) is 5.10 Å². The number of benzene rings is 1. The molecule has 0 amide bonds. The summed E-state index contributed by atoms with van der Waals surface area (Å²) in [5.74, 6) is -1.60. The molecule has 106 valence electrons. The Morgan fingerprint density at radius 3 is 2.30 bits per heavy atom. The van der Waals surface area contributed by atoms with Crippen molar-refractivity contribution in [3.05, 3.63) is 57.5 Å². The van der Waals surface area contributed by atoms with Gasteiger partial charge in [-0.05, 0) is 32.9 Å². The number of para-hydroxylation sites is 1. The Balaban J connectivity index is 2.79. The fourth-order valence-corrected chi connectivity index (χ4v) is 1.89. The molecule has 0 spiro atoms. The lowest BCUT2D eigenvalue weighted by molar-refractivity contribution is 0.0709. The first-order chi connectivity index (χ1) is 9.21. The fraction of sp³-hybridized carbons (Fsp3) is 0.286. The quantitative estimate of drug-likeness (QED) is 0.916. The molecule has 4 nitrogen and oxygen atoms in total. The van der Waals surface area contributed by atoms with Crippen LogP contribution in [0.5, 0.6) is 0 Å². The highest BCUT2D eigenvalue weighted by molar-refractivity contribution is 5.36. The first kappa shape index (κ1) is 14.3. The lowest BCUT2D eigenvalue weighted by Gasteiger charge is -2.19. The molecule has 0 fully saturated rings. The van der Waals surface area contributed by atoms with Crippen LogP contribution in [0.25, 0.3) is 5.69 Å². The van der Waals surface area contributed by atoms with Gasteiger partial charge in [-0.15, -0.1) is 0 Å². The third-order valence-electron chi connectivity index (χ3n) is 2.84. The normalized spacial score (nSPS) is 11.7. The summed E-state index contributed by atoms with van der Waals surface area (Å²) in [6.45, 7) is 4.27. The number of hydrogen-bond donors (Lipinski definition) is 1. The first-order valence-electron chi connectivity index (χ1n) is 6.00. The van der Waals surface area contributed by atoms with Crippen LogP contribution in [0.4, 0.5) is 8.78 Å². The highest BCUT2D eigenvalue weighted by Gasteiger charge is 2.24. The molecule has 0 bridgehead atoms. The maximum Gasteiger partial charge on any atom is 0.206 e. The van der Waals surface area contributed by atoms with Crippen molar-refractivity contribution in [2.75, 3.05) is 0 Å². The van der Waals surface area contributed by atoms with Crippen LogP contribution in [0, 0.1) is 18.6 Å². The molecule has 0 saturated carbocycles. The van der Waals surface area contributed by atoms with Gasteiger partial charge in [0.1, 0.15) is 17.0 Å². The number of aryl methyl sites for hydroxylation is 1. The van der Waals surface area contributed by atoms with Crippen molar-refractivity contribution in [1.29, 1.82) is 0 Å². The second kappa shape index (κ2) is 4.79. The summed E-state index contributed by atoms with van der Waals surface area (Å²) in [5, 5.41) is 13.8. The average Bonchev–Trinajstić information content (AvgIpc) is 2.29. The highest BCUT2D eigenvalue weighted by atomic mass is 19.1. The molecule has 1 aromatic carbocycles. The maximum atomic E-state index is 13.8. The van der Waals surface area contributed by atoms with Crippen molar-refractivity contribution in [1.82, 2.24) is 9.78 Å². The molecule has 0 saturated heterocycles. The second-order valence-electron chi connectivity index (χ2n) is 5.04. The largest absolute Gasteiger partial charge is 0.384 e. The zero-order valence-electron chi connectivity index (χ0n) is 11.3. The Bertz CT molecular complexity index is 698. The van der Waals surface area contributed by atoms with Gasteiger partial charge in [-0.3, -0.25) is 4.79 Å². The van der Waals surface area contributed by atoms with E-state index in [0.717, 1.165) is 16.8 Å². The Kier molecular flexibility index (Phi) is 3.43. The Morgan fingerprint density at radius 1 is 1.25 bits per heavy atom. The topological polar surface area (TPSA) is 55.1 Å². The Morgan fingerprint density at radius 2 is 1.80 bits per heavy atom. The minimum Gasteiger partial charge on any atom is -0.384 e. The van der Waals surface area contributed by atoms with Crippen molar-refractivity contribution >= 4 is 0 Å². The van der Waals surface area contributed by atoms with Crippen molar-refractivity contribution < 1.29 is 13.9 Å². The van der Waals surface area contributed by atoms with E-state index in [4.69, 9.17) is 0 Å². The van der Waals surface area contributed by atoms with Gasteiger partial charge in [0.05, 0.1) is 0 Å². The van der Waals surface area contributed by atoms with Gasteiger partial charge >= 0.3 is 0 Å². The number of hydrogen-bond acceptors (Lipinski definition) is 3. The van der Waals surface area contributed by atoms with Gasteiger partial charge in [0.2, 0.25) is 5.43 Å². The van der Waals surface area contributed by atoms with Gasteiger partial charge in [-0.2, -0.15) is 5.10 Å². The van der Waals surface area contributed by atoms with Crippen molar-refractivity contribution in [2.24, 2.45) is 0 Å². The molecule has 0 radical (unpaired) electrons. The predicted octanol–water partition coefficient (Wildman–Crippen LogP) is 2.05. The zero-order valence-corrected chi connectivity index (χ0v) is 11.3. The molecule has 1 aromatic heterocycles. The lowest BCUT2D eigenvalue weighted by atomic mass is 10.0. The zero-order chi connectivity index (χ0) is 15.1. The first-order valence-corrected chi connectivity index (χ1v) is 6.00. The SMILES string of the molecule is Cc1cc(=O)c(C(C)(C)O)nn1-c1c(F)cccc1F. The number of aromatic nitrogens is 2. The smallest absolute Gasteiger partial charge is 0.206 e. The monoisotopic (exact) mass is 280 g/mol. The van der Waals surface area contributed by atoms with E-state index in [0.29, 0.717) is 0 Å². The van der Waals surface area contributed by atoms with Crippen LogP contribution >= 0.6 is 0 Å². The van der Waals surface area contributed by atoms with E-state index in [9.17, 15) is 18.7 Å². The summed E-state index contributed by atoms with van der Waals surface area (Å²) in [7, 11) is 0. The summed E-state index contributed by atoms with van der Waals surface area (Å²) in [4.78, 5) is 11.8. The number of nitrogens with zero attached hydrogens (tertiary/aromatic N) is 2. The third kappa shape index (κ3) is 2.46. The van der Waals surface area contributed by atoms with Crippen LogP contribution in [0.2, 0.25) is 0 Å².